The standard InChI is InChI=1S/C9H19N/c1-4-8(5-2)7-9(10)6-3/h4,8-9H,1,5-7,10H2,2-3H3. The smallest absolute Gasteiger partial charge is 0.00418 e. The third-order valence-corrected chi connectivity index (χ3v) is 1.99. The molecule has 0 aliphatic heterocycles. The predicted octanol–water partition coefficient (Wildman–Crippen LogP) is 2.33. The molecule has 0 aromatic carbocycles. The Balaban J connectivity index is 3.51. The lowest BCUT2D eigenvalue weighted by atomic mass is 9.97. The van der Waals surface area contributed by atoms with Gasteiger partial charge in [0.15, 0.2) is 0 Å². The minimum atomic E-state index is 0.364. The first kappa shape index (κ1) is 9.70. The van der Waals surface area contributed by atoms with Gasteiger partial charge >= 0.3 is 0 Å². The van der Waals surface area contributed by atoms with Crippen LogP contribution in [0.15, 0.2) is 12.7 Å². The summed E-state index contributed by atoms with van der Waals surface area (Å²) in [4.78, 5) is 0. The van der Waals surface area contributed by atoms with Gasteiger partial charge in [0.25, 0.3) is 0 Å². The van der Waals surface area contributed by atoms with Crippen molar-refractivity contribution in [3.63, 3.8) is 0 Å². The van der Waals surface area contributed by atoms with E-state index in [0.29, 0.717) is 12.0 Å². The van der Waals surface area contributed by atoms with E-state index in [0.717, 1.165) is 19.3 Å². The zero-order chi connectivity index (χ0) is 7.98. The molecule has 0 fully saturated rings. The van der Waals surface area contributed by atoms with E-state index in [9.17, 15) is 0 Å². The van der Waals surface area contributed by atoms with Crippen LogP contribution in [0.3, 0.4) is 0 Å². The highest BCUT2D eigenvalue weighted by molar-refractivity contribution is 4.80. The Hall–Kier alpha value is -0.300. The number of hydrogen-bond acceptors (Lipinski definition) is 1. The van der Waals surface area contributed by atoms with Gasteiger partial charge in [-0.05, 0) is 25.2 Å². The van der Waals surface area contributed by atoms with Crippen molar-refractivity contribution in [1.82, 2.24) is 0 Å². The average Bonchev–Trinajstić information content (AvgIpc) is 1.99. The Morgan fingerprint density at radius 1 is 1.40 bits per heavy atom. The summed E-state index contributed by atoms with van der Waals surface area (Å²) in [5, 5.41) is 0. The van der Waals surface area contributed by atoms with Crippen LogP contribution in [0.2, 0.25) is 0 Å². The van der Waals surface area contributed by atoms with E-state index in [1.54, 1.807) is 0 Å². The van der Waals surface area contributed by atoms with E-state index in [1.165, 1.54) is 0 Å². The molecule has 10 heavy (non-hydrogen) atoms. The fraction of sp³-hybridized carbons (Fsp3) is 0.778. The van der Waals surface area contributed by atoms with E-state index in [4.69, 9.17) is 5.73 Å². The highest BCUT2D eigenvalue weighted by Crippen LogP contribution is 2.11. The highest BCUT2D eigenvalue weighted by atomic mass is 14.6. The van der Waals surface area contributed by atoms with Crippen LogP contribution in [0.5, 0.6) is 0 Å². The lowest BCUT2D eigenvalue weighted by molar-refractivity contribution is 0.482. The molecule has 1 nitrogen and oxygen atoms in total. The Morgan fingerprint density at radius 2 is 2.00 bits per heavy atom. The van der Waals surface area contributed by atoms with Crippen LogP contribution in [0.1, 0.15) is 33.1 Å². The zero-order valence-electron chi connectivity index (χ0n) is 7.14. The van der Waals surface area contributed by atoms with Crippen molar-refractivity contribution in [2.24, 2.45) is 11.7 Å². The van der Waals surface area contributed by atoms with Gasteiger partial charge in [-0.25, -0.2) is 0 Å². The van der Waals surface area contributed by atoms with Crippen LogP contribution in [0.25, 0.3) is 0 Å². The molecule has 0 spiro atoms. The second kappa shape index (κ2) is 5.48. The Bertz CT molecular complexity index is 88.7. The van der Waals surface area contributed by atoms with Gasteiger partial charge in [-0.1, -0.05) is 19.9 Å². The van der Waals surface area contributed by atoms with Crippen LogP contribution in [-0.4, -0.2) is 6.04 Å². The van der Waals surface area contributed by atoms with E-state index < -0.39 is 0 Å². The largest absolute Gasteiger partial charge is 0.328 e. The fourth-order valence-electron chi connectivity index (χ4n) is 0.985. The fourth-order valence-corrected chi connectivity index (χ4v) is 0.985. The predicted molar refractivity (Wildman–Crippen MR) is 46.9 cm³/mol. The third kappa shape index (κ3) is 3.67. The first-order valence-corrected chi connectivity index (χ1v) is 4.12. The van der Waals surface area contributed by atoms with E-state index in [1.807, 2.05) is 6.08 Å². The number of nitrogens with two attached hydrogens (primary N) is 1. The molecule has 0 saturated heterocycles. The van der Waals surface area contributed by atoms with Gasteiger partial charge < -0.3 is 5.73 Å². The summed E-state index contributed by atoms with van der Waals surface area (Å²) in [7, 11) is 0. The van der Waals surface area contributed by atoms with Crippen molar-refractivity contribution < 1.29 is 0 Å². The molecule has 0 saturated carbocycles. The molecule has 0 aromatic rings. The van der Waals surface area contributed by atoms with Gasteiger partial charge in [-0.15, -0.1) is 6.58 Å². The van der Waals surface area contributed by atoms with Gasteiger partial charge in [-0.2, -0.15) is 0 Å². The Kier molecular flexibility index (Phi) is 5.32. The number of hydrogen-bond donors (Lipinski definition) is 1. The molecule has 0 amide bonds. The van der Waals surface area contributed by atoms with Crippen molar-refractivity contribution in [3.8, 4) is 0 Å². The molecule has 2 atom stereocenters. The van der Waals surface area contributed by atoms with Crippen molar-refractivity contribution in [2.75, 3.05) is 0 Å². The normalized spacial score (nSPS) is 16.3. The second-order valence-corrected chi connectivity index (χ2v) is 2.81. The van der Waals surface area contributed by atoms with Crippen molar-refractivity contribution >= 4 is 0 Å². The molecule has 0 heterocycles. The molecule has 0 rings (SSSR count). The molecule has 2 N–H and O–H groups in total. The van der Waals surface area contributed by atoms with Gasteiger partial charge in [0.05, 0.1) is 0 Å². The van der Waals surface area contributed by atoms with Crippen molar-refractivity contribution in [1.29, 1.82) is 0 Å². The quantitative estimate of drug-likeness (QED) is 0.584. The third-order valence-electron chi connectivity index (χ3n) is 1.99. The Morgan fingerprint density at radius 3 is 2.30 bits per heavy atom. The molecule has 0 radical (unpaired) electrons. The summed E-state index contributed by atoms with van der Waals surface area (Å²) >= 11 is 0. The lowest BCUT2D eigenvalue weighted by Crippen LogP contribution is -2.21. The SMILES string of the molecule is C=CC(CC)CC(N)CC. The summed E-state index contributed by atoms with van der Waals surface area (Å²) in [5.41, 5.74) is 5.78. The minimum absolute atomic E-state index is 0.364. The summed E-state index contributed by atoms with van der Waals surface area (Å²) in [5.74, 6) is 0.620. The monoisotopic (exact) mass is 141 g/mol. The van der Waals surface area contributed by atoms with Crippen LogP contribution < -0.4 is 5.73 Å². The van der Waals surface area contributed by atoms with Crippen molar-refractivity contribution in [2.45, 2.75) is 39.2 Å². The molecular weight excluding hydrogens is 122 g/mol. The van der Waals surface area contributed by atoms with Crippen LogP contribution >= 0.6 is 0 Å². The minimum Gasteiger partial charge on any atom is -0.328 e. The molecular formula is C9H19N. The molecule has 0 bridgehead atoms. The molecule has 1 heteroatoms. The van der Waals surface area contributed by atoms with Crippen molar-refractivity contribution in [3.05, 3.63) is 12.7 Å². The van der Waals surface area contributed by atoms with Crippen LogP contribution in [-0.2, 0) is 0 Å². The first-order chi connectivity index (χ1) is 4.74. The van der Waals surface area contributed by atoms with Gasteiger partial charge in [0.1, 0.15) is 0 Å². The number of allylic oxidation sites excluding steroid dienone is 1. The summed E-state index contributed by atoms with van der Waals surface area (Å²) < 4.78 is 0. The highest BCUT2D eigenvalue weighted by Gasteiger charge is 2.05. The van der Waals surface area contributed by atoms with Gasteiger partial charge in [0, 0.05) is 6.04 Å². The lowest BCUT2D eigenvalue weighted by Gasteiger charge is -2.13. The molecule has 0 aliphatic carbocycles. The van der Waals surface area contributed by atoms with Gasteiger partial charge in [0.2, 0.25) is 0 Å². The van der Waals surface area contributed by atoms with E-state index in [-0.39, 0.29) is 0 Å². The van der Waals surface area contributed by atoms with Crippen LogP contribution in [0, 0.1) is 5.92 Å². The molecule has 60 valence electrons. The summed E-state index contributed by atoms with van der Waals surface area (Å²) in [6.45, 7) is 8.06. The zero-order valence-corrected chi connectivity index (χ0v) is 7.14. The maximum absolute atomic E-state index is 5.78. The summed E-state index contributed by atoms with van der Waals surface area (Å²) in [6.07, 6.45) is 5.34. The van der Waals surface area contributed by atoms with Crippen LogP contribution in [0.4, 0.5) is 0 Å². The Labute approximate surface area is 64.3 Å². The van der Waals surface area contributed by atoms with E-state index in [2.05, 4.69) is 20.4 Å². The average molecular weight is 141 g/mol. The molecule has 2 unspecified atom stereocenters. The molecule has 0 aliphatic rings. The molecule has 0 aromatic heterocycles. The first-order valence-electron chi connectivity index (χ1n) is 4.12. The summed E-state index contributed by atoms with van der Waals surface area (Å²) in [6, 6.07) is 0.364. The topological polar surface area (TPSA) is 26.0 Å². The van der Waals surface area contributed by atoms with E-state index >= 15 is 0 Å². The number of rotatable bonds is 5. The maximum atomic E-state index is 5.78. The second-order valence-electron chi connectivity index (χ2n) is 2.81. The van der Waals surface area contributed by atoms with Gasteiger partial charge in [-0.3, -0.25) is 0 Å². The maximum Gasteiger partial charge on any atom is 0.00418 e.